The van der Waals surface area contributed by atoms with Crippen LogP contribution in [-0.4, -0.2) is 52.7 Å². The molecule has 2 aromatic carbocycles. The molecular formula is C22H27N3O4. The molecule has 0 unspecified atom stereocenters. The second-order valence-electron chi connectivity index (χ2n) is 7.28. The third-order valence-corrected chi connectivity index (χ3v) is 5.08. The first-order valence-electron chi connectivity index (χ1n) is 9.82. The molecule has 29 heavy (non-hydrogen) atoms. The average Bonchev–Trinajstić information content (AvgIpc) is 2.73. The van der Waals surface area contributed by atoms with Gasteiger partial charge in [0.2, 0.25) is 5.91 Å². The van der Waals surface area contributed by atoms with Gasteiger partial charge in [-0.15, -0.1) is 0 Å². The lowest BCUT2D eigenvalue weighted by atomic mass is 10.0. The van der Waals surface area contributed by atoms with Gasteiger partial charge in [0.15, 0.2) is 0 Å². The first-order chi connectivity index (χ1) is 14.0. The van der Waals surface area contributed by atoms with Crippen molar-refractivity contribution in [1.82, 2.24) is 15.5 Å². The fourth-order valence-corrected chi connectivity index (χ4v) is 3.33. The molecule has 1 aliphatic rings. The van der Waals surface area contributed by atoms with Crippen LogP contribution in [0.25, 0.3) is 0 Å². The molecule has 0 aromatic heterocycles. The summed E-state index contributed by atoms with van der Waals surface area (Å²) < 4.78 is 0. The van der Waals surface area contributed by atoms with Crippen molar-refractivity contribution < 1.29 is 19.8 Å². The minimum atomic E-state index is -0.368. The number of aliphatic hydroxyl groups is 1. The van der Waals surface area contributed by atoms with Crippen LogP contribution in [0.4, 0.5) is 0 Å². The van der Waals surface area contributed by atoms with Crippen LogP contribution in [0.15, 0.2) is 48.5 Å². The quantitative estimate of drug-likeness (QED) is 0.566. The molecule has 154 valence electrons. The zero-order valence-electron chi connectivity index (χ0n) is 16.3. The summed E-state index contributed by atoms with van der Waals surface area (Å²) in [5, 5.41) is 24.3. The van der Waals surface area contributed by atoms with Gasteiger partial charge in [0.1, 0.15) is 5.75 Å². The first-order valence-corrected chi connectivity index (χ1v) is 9.82. The third-order valence-electron chi connectivity index (χ3n) is 5.08. The maximum atomic E-state index is 12.1. The van der Waals surface area contributed by atoms with Crippen molar-refractivity contribution in [2.75, 3.05) is 19.6 Å². The molecule has 7 nitrogen and oxygen atoms in total. The molecule has 3 rings (SSSR count). The van der Waals surface area contributed by atoms with Crippen molar-refractivity contribution in [1.29, 1.82) is 0 Å². The summed E-state index contributed by atoms with van der Waals surface area (Å²) in [5.41, 5.74) is 2.57. The highest BCUT2D eigenvalue weighted by atomic mass is 16.3. The minimum absolute atomic E-state index is 0.0821. The maximum absolute atomic E-state index is 12.1. The van der Waals surface area contributed by atoms with Crippen molar-refractivity contribution in [3.8, 4) is 5.75 Å². The number of hydrogen-bond donors (Lipinski definition) is 4. The van der Waals surface area contributed by atoms with E-state index < -0.39 is 0 Å². The SMILES string of the molecule is O=C(CNC(=O)c1ccc(O)cc1)NCc1ccccc1CN1CCC(O)CC1. The molecule has 0 saturated carbocycles. The van der Waals surface area contributed by atoms with Gasteiger partial charge in [-0.25, -0.2) is 0 Å². The van der Waals surface area contributed by atoms with Crippen LogP contribution in [0.2, 0.25) is 0 Å². The summed E-state index contributed by atoms with van der Waals surface area (Å²) >= 11 is 0. The second-order valence-corrected chi connectivity index (χ2v) is 7.28. The van der Waals surface area contributed by atoms with Gasteiger partial charge in [-0.05, 0) is 48.2 Å². The maximum Gasteiger partial charge on any atom is 0.251 e. The number of piperidine rings is 1. The lowest BCUT2D eigenvalue weighted by Gasteiger charge is -2.30. The summed E-state index contributed by atoms with van der Waals surface area (Å²) in [4.78, 5) is 26.5. The molecule has 2 amide bonds. The Kier molecular flexibility index (Phi) is 7.21. The van der Waals surface area contributed by atoms with Crippen LogP contribution < -0.4 is 10.6 Å². The summed E-state index contributed by atoms with van der Waals surface area (Å²) in [7, 11) is 0. The largest absolute Gasteiger partial charge is 0.508 e. The van der Waals surface area contributed by atoms with Crippen LogP contribution in [0, 0.1) is 0 Å². The van der Waals surface area contributed by atoms with E-state index in [0.29, 0.717) is 12.1 Å². The van der Waals surface area contributed by atoms with Gasteiger partial charge in [-0.2, -0.15) is 0 Å². The zero-order chi connectivity index (χ0) is 20.6. The minimum Gasteiger partial charge on any atom is -0.508 e. The van der Waals surface area contributed by atoms with Gasteiger partial charge in [0, 0.05) is 31.7 Å². The van der Waals surface area contributed by atoms with E-state index in [1.807, 2.05) is 18.2 Å². The molecule has 0 spiro atoms. The van der Waals surface area contributed by atoms with E-state index in [-0.39, 0.29) is 30.2 Å². The Morgan fingerprint density at radius 3 is 2.31 bits per heavy atom. The number of carbonyl (C=O) groups is 2. The van der Waals surface area contributed by atoms with Crippen molar-refractivity contribution in [2.45, 2.75) is 32.0 Å². The summed E-state index contributed by atoms with van der Waals surface area (Å²) in [6.07, 6.45) is 1.39. The number of nitrogens with zero attached hydrogens (tertiary/aromatic N) is 1. The van der Waals surface area contributed by atoms with E-state index in [0.717, 1.165) is 43.6 Å². The Bertz CT molecular complexity index is 830. The van der Waals surface area contributed by atoms with Gasteiger partial charge >= 0.3 is 0 Å². The third kappa shape index (κ3) is 6.30. The highest BCUT2D eigenvalue weighted by molar-refractivity contribution is 5.96. The predicted octanol–water partition coefficient (Wildman–Crippen LogP) is 1.40. The molecule has 4 N–H and O–H groups in total. The van der Waals surface area contributed by atoms with Crippen molar-refractivity contribution >= 4 is 11.8 Å². The Labute approximate surface area is 170 Å². The Morgan fingerprint density at radius 1 is 0.966 bits per heavy atom. The number of likely N-dealkylation sites (tertiary alicyclic amines) is 1. The molecule has 0 atom stereocenters. The molecule has 1 aliphatic heterocycles. The molecule has 0 radical (unpaired) electrons. The lowest BCUT2D eigenvalue weighted by molar-refractivity contribution is -0.120. The number of aliphatic hydroxyl groups excluding tert-OH is 1. The predicted molar refractivity (Wildman–Crippen MR) is 109 cm³/mol. The number of benzene rings is 2. The first kappa shape index (κ1) is 20.8. The molecule has 2 aromatic rings. The van der Waals surface area contributed by atoms with E-state index in [4.69, 9.17) is 0 Å². The Hall–Kier alpha value is -2.90. The fourth-order valence-electron chi connectivity index (χ4n) is 3.33. The molecule has 0 aliphatic carbocycles. The van der Waals surface area contributed by atoms with E-state index in [1.165, 1.54) is 24.3 Å². The standard InChI is InChI=1S/C22H27N3O4/c26-19-7-5-16(6-8-19)22(29)24-14-21(28)23-13-17-3-1-2-4-18(17)15-25-11-9-20(27)10-12-25/h1-8,20,26-27H,9-15H2,(H,23,28)(H,24,29). The normalized spacial score (nSPS) is 15.1. The average molecular weight is 397 g/mol. The van der Waals surface area contributed by atoms with Crippen molar-refractivity contribution in [3.63, 3.8) is 0 Å². The molecule has 7 heteroatoms. The molecule has 1 heterocycles. The molecule has 0 bridgehead atoms. The van der Waals surface area contributed by atoms with Gasteiger partial charge in [-0.3, -0.25) is 14.5 Å². The van der Waals surface area contributed by atoms with E-state index in [1.54, 1.807) is 0 Å². The zero-order valence-corrected chi connectivity index (χ0v) is 16.3. The van der Waals surface area contributed by atoms with E-state index in [9.17, 15) is 19.8 Å². The monoisotopic (exact) mass is 397 g/mol. The van der Waals surface area contributed by atoms with E-state index in [2.05, 4.69) is 21.6 Å². The lowest BCUT2D eigenvalue weighted by Crippen LogP contribution is -2.37. The van der Waals surface area contributed by atoms with Crippen LogP contribution in [0.3, 0.4) is 0 Å². The molecule has 1 fully saturated rings. The summed E-state index contributed by atoms with van der Waals surface area (Å²) in [6.45, 7) is 2.79. The Balaban J connectivity index is 1.47. The van der Waals surface area contributed by atoms with Gasteiger partial charge in [0.05, 0.1) is 12.6 Å². The smallest absolute Gasteiger partial charge is 0.251 e. The number of hydrogen-bond acceptors (Lipinski definition) is 5. The van der Waals surface area contributed by atoms with Gasteiger partial charge in [0.25, 0.3) is 5.91 Å². The number of rotatable bonds is 7. The van der Waals surface area contributed by atoms with Gasteiger partial charge < -0.3 is 20.8 Å². The summed E-state index contributed by atoms with van der Waals surface area (Å²) in [6, 6.07) is 13.8. The molecular weight excluding hydrogens is 370 g/mol. The second kappa shape index (κ2) is 10.0. The highest BCUT2D eigenvalue weighted by Crippen LogP contribution is 2.16. The fraction of sp³-hybridized carbons (Fsp3) is 0.364. The number of phenolic OH excluding ortho intramolecular Hbond substituents is 1. The van der Waals surface area contributed by atoms with E-state index >= 15 is 0 Å². The number of carbonyl (C=O) groups excluding carboxylic acids is 2. The van der Waals surface area contributed by atoms with Crippen LogP contribution >= 0.6 is 0 Å². The number of amides is 2. The number of aromatic hydroxyl groups is 1. The summed E-state index contributed by atoms with van der Waals surface area (Å²) in [5.74, 6) is -0.556. The van der Waals surface area contributed by atoms with Crippen LogP contribution in [0.1, 0.15) is 34.3 Å². The van der Waals surface area contributed by atoms with Gasteiger partial charge in [-0.1, -0.05) is 24.3 Å². The Morgan fingerprint density at radius 2 is 1.62 bits per heavy atom. The van der Waals surface area contributed by atoms with Crippen molar-refractivity contribution in [3.05, 3.63) is 65.2 Å². The number of phenols is 1. The highest BCUT2D eigenvalue weighted by Gasteiger charge is 2.18. The van der Waals surface area contributed by atoms with Crippen LogP contribution in [0.5, 0.6) is 5.75 Å². The van der Waals surface area contributed by atoms with Crippen LogP contribution in [-0.2, 0) is 17.9 Å². The number of nitrogens with one attached hydrogen (secondary N) is 2. The van der Waals surface area contributed by atoms with Crippen molar-refractivity contribution in [2.24, 2.45) is 0 Å². The topological polar surface area (TPSA) is 102 Å². The molecule has 1 saturated heterocycles.